The summed E-state index contributed by atoms with van der Waals surface area (Å²) < 4.78 is 0. The minimum absolute atomic E-state index is 0.0278. The SMILES string of the molecule is O=C(O)[C@@H](O)CCNCc1ccc([N+](=O)[O-])cc1. The molecule has 1 rings (SSSR count). The van der Waals surface area contributed by atoms with Crippen LogP contribution in [0.25, 0.3) is 0 Å². The Bertz CT molecular complexity index is 418. The number of nitro benzene ring substituents is 1. The normalized spacial score (nSPS) is 12.1. The fourth-order valence-electron chi connectivity index (χ4n) is 1.33. The third-order valence-corrected chi connectivity index (χ3v) is 2.36. The molecule has 0 amide bonds. The van der Waals surface area contributed by atoms with Gasteiger partial charge in [-0.1, -0.05) is 12.1 Å². The van der Waals surface area contributed by atoms with Crippen LogP contribution < -0.4 is 5.32 Å². The first-order valence-electron chi connectivity index (χ1n) is 5.35. The Morgan fingerprint density at radius 2 is 2.00 bits per heavy atom. The fraction of sp³-hybridized carbons (Fsp3) is 0.364. The van der Waals surface area contributed by atoms with E-state index in [2.05, 4.69) is 5.32 Å². The second kappa shape index (κ2) is 6.67. The maximum Gasteiger partial charge on any atom is 0.332 e. The summed E-state index contributed by atoms with van der Waals surface area (Å²) in [7, 11) is 0. The van der Waals surface area contributed by atoms with Gasteiger partial charge in [0.15, 0.2) is 6.10 Å². The average molecular weight is 254 g/mol. The number of aliphatic hydroxyl groups excluding tert-OH is 1. The standard InChI is InChI=1S/C11H14N2O5/c14-10(11(15)16)5-6-12-7-8-1-3-9(4-2-8)13(17)18/h1-4,10,12,14H,5-7H2,(H,15,16)/t10-/m0/s1. The monoisotopic (exact) mass is 254 g/mol. The lowest BCUT2D eigenvalue weighted by molar-refractivity contribution is -0.384. The maximum absolute atomic E-state index is 10.4. The summed E-state index contributed by atoms with van der Waals surface area (Å²) >= 11 is 0. The molecule has 0 bridgehead atoms. The van der Waals surface area contributed by atoms with Crippen molar-refractivity contribution in [3.63, 3.8) is 0 Å². The Labute approximate surface area is 103 Å². The molecular formula is C11H14N2O5. The summed E-state index contributed by atoms with van der Waals surface area (Å²) in [4.78, 5) is 20.3. The lowest BCUT2D eigenvalue weighted by atomic mass is 10.2. The second-order valence-electron chi connectivity index (χ2n) is 3.74. The number of carbonyl (C=O) groups is 1. The van der Waals surface area contributed by atoms with Gasteiger partial charge in [0.25, 0.3) is 5.69 Å². The molecule has 0 radical (unpaired) electrons. The van der Waals surface area contributed by atoms with Gasteiger partial charge in [-0.25, -0.2) is 4.79 Å². The molecule has 1 aromatic carbocycles. The van der Waals surface area contributed by atoms with Crippen LogP contribution in [-0.2, 0) is 11.3 Å². The van der Waals surface area contributed by atoms with Gasteiger partial charge in [-0.05, 0) is 18.5 Å². The van der Waals surface area contributed by atoms with Crippen LogP contribution in [0, 0.1) is 10.1 Å². The first-order valence-corrected chi connectivity index (χ1v) is 5.35. The molecule has 98 valence electrons. The number of aliphatic carboxylic acids is 1. The van der Waals surface area contributed by atoms with E-state index in [-0.39, 0.29) is 12.1 Å². The van der Waals surface area contributed by atoms with Crippen molar-refractivity contribution in [3.05, 3.63) is 39.9 Å². The van der Waals surface area contributed by atoms with Gasteiger partial charge in [0, 0.05) is 18.7 Å². The number of hydrogen-bond acceptors (Lipinski definition) is 5. The van der Waals surface area contributed by atoms with Gasteiger partial charge in [-0.2, -0.15) is 0 Å². The first-order chi connectivity index (χ1) is 8.50. The molecule has 0 fully saturated rings. The summed E-state index contributed by atoms with van der Waals surface area (Å²) in [5.41, 5.74) is 0.880. The number of non-ortho nitro benzene ring substituents is 1. The number of benzene rings is 1. The van der Waals surface area contributed by atoms with Gasteiger partial charge in [0.2, 0.25) is 0 Å². The molecule has 0 saturated heterocycles. The van der Waals surface area contributed by atoms with Crippen LogP contribution in [-0.4, -0.2) is 33.8 Å². The van der Waals surface area contributed by atoms with Gasteiger partial charge in [0.1, 0.15) is 0 Å². The Kier molecular flexibility index (Phi) is 5.22. The van der Waals surface area contributed by atoms with E-state index < -0.39 is 17.0 Å². The molecule has 0 aliphatic carbocycles. The third kappa shape index (κ3) is 4.48. The van der Waals surface area contributed by atoms with Crippen molar-refractivity contribution in [2.75, 3.05) is 6.54 Å². The largest absolute Gasteiger partial charge is 0.479 e. The van der Waals surface area contributed by atoms with Crippen LogP contribution in [0.2, 0.25) is 0 Å². The molecule has 3 N–H and O–H groups in total. The Morgan fingerprint density at radius 1 is 1.39 bits per heavy atom. The quantitative estimate of drug-likeness (QED) is 0.371. The minimum Gasteiger partial charge on any atom is -0.479 e. The van der Waals surface area contributed by atoms with Gasteiger partial charge in [0.05, 0.1) is 4.92 Å². The Hall–Kier alpha value is -1.99. The number of nitro groups is 1. The van der Waals surface area contributed by atoms with E-state index >= 15 is 0 Å². The predicted octanol–water partition coefficient (Wildman–Crippen LogP) is 0.520. The summed E-state index contributed by atoms with van der Waals surface area (Å²) in [5, 5.41) is 30.8. The highest BCUT2D eigenvalue weighted by atomic mass is 16.6. The molecule has 0 heterocycles. The molecule has 0 spiro atoms. The van der Waals surface area contributed by atoms with Gasteiger partial charge >= 0.3 is 5.97 Å². The summed E-state index contributed by atoms with van der Waals surface area (Å²) in [6, 6.07) is 6.06. The lowest BCUT2D eigenvalue weighted by Crippen LogP contribution is -2.25. The maximum atomic E-state index is 10.4. The molecule has 7 nitrogen and oxygen atoms in total. The number of carboxylic acid groups (broad SMARTS) is 1. The van der Waals surface area contributed by atoms with E-state index in [4.69, 9.17) is 10.2 Å². The highest BCUT2D eigenvalue weighted by molar-refractivity contribution is 5.71. The van der Waals surface area contributed by atoms with E-state index in [0.29, 0.717) is 13.1 Å². The van der Waals surface area contributed by atoms with Gasteiger partial charge < -0.3 is 15.5 Å². The summed E-state index contributed by atoms with van der Waals surface area (Å²) in [5.74, 6) is -1.24. The van der Waals surface area contributed by atoms with Crippen molar-refractivity contribution in [2.24, 2.45) is 0 Å². The van der Waals surface area contributed by atoms with Crippen LogP contribution in [0.4, 0.5) is 5.69 Å². The number of rotatable bonds is 7. The van der Waals surface area contributed by atoms with E-state index in [1.54, 1.807) is 12.1 Å². The minimum atomic E-state index is -1.37. The zero-order chi connectivity index (χ0) is 13.5. The van der Waals surface area contributed by atoms with Gasteiger partial charge in [-0.3, -0.25) is 10.1 Å². The number of hydrogen-bond donors (Lipinski definition) is 3. The van der Waals surface area contributed by atoms with E-state index in [0.717, 1.165) is 5.56 Å². The predicted molar refractivity (Wildman–Crippen MR) is 63.1 cm³/mol. The fourth-order valence-corrected chi connectivity index (χ4v) is 1.33. The van der Waals surface area contributed by atoms with Crippen LogP contribution in [0.15, 0.2) is 24.3 Å². The average Bonchev–Trinajstić information content (AvgIpc) is 2.34. The number of nitrogens with zero attached hydrogens (tertiary/aromatic N) is 1. The van der Waals surface area contributed by atoms with Crippen molar-refractivity contribution in [1.82, 2.24) is 5.32 Å². The Morgan fingerprint density at radius 3 is 2.50 bits per heavy atom. The molecular weight excluding hydrogens is 240 g/mol. The molecule has 0 saturated carbocycles. The molecule has 1 aromatic rings. The van der Waals surface area contributed by atoms with Crippen molar-refractivity contribution >= 4 is 11.7 Å². The van der Waals surface area contributed by atoms with E-state index in [1.165, 1.54) is 12.1 Å². The Balaban J connectivity index is 2.31. The molecule has 0 unspecified atom stereocenters. The van der Waals surface area contributed by atoms with Crippen molar-refractivity contribution < 1.29 is 19.9 Å². The smallest absolute Gasteiger partial charge is 0.332 e. The highest BCUT2D eigenvalue weighted by Gasteiger charge is 2.11. The zero-order valence-electron chi connectivity index (χ0n) is 9.57. The van der Waals surface area contributed by atoms with Crippen LogP contribution in [0.3, 0.4) is 0 Å². The number of carboxylic acids is 1. The zero-order valence-corrected chi connectivity index (χ0v) is 9.57. The van der Waals surface area contributed by atoms with Crippen molar-refractivity contribution in [2.45, 2.75) is 19.1 Å². The molecule has 0 aromatic heterocycles. The summed E-state index contributed by atoms with van der Waals surface area (Å²) in [6.45, 7) is 0.814. The van der Waals surface area contributed by atoms with Crippen LogP contribution >= 0.6 is 0 Å². The van der Waals surface area contributed by atoms with Crippen LogP contribution in [0.5, 0.6) is 0 Å². The second-order valence-corrected chi connectivity index (χ2v) is 3.74. The van der Waals surface area contributed by atoms with E-state index in [9.17, 15) is 14.9 Å². The van der Waals surface area contributed by atoms with Crippen LogP contribution in [0.1, 0.15) is 12.0 Å². The number of nitrogens with one attached hydrogen (secondary N) is 1. The van der Waals surface area contributed by atoms with E-state index in [1.807, 2.05) is 0 Å². The van der Waals surface area contributed by atoms with Crippen molar-refractivity contribution in [1.29, 1.82) is 0 Å². The molecule has 7 heteroatoms. The summed E-state index contributed by atoms with van der Waals surface area (Å²) in [6.07, 6.45) is -1.25. The molecule has 1 atom stereocenters. The highest BCUT2D eigenvalue weighted by Crippen LogP contribution is 2.11. The number of aliphatic hydroxyl groups is 1. The van der Waals surface area contributed by atoms with Crippen molar-refractivity contribution in [3.8, 4) is 0 Å². The lowest BCUT2D eigenvalue weighted by Gasteiger charge is -2.07. The third-order valence-electron chi connectivity index (χ3n) is 2.36. The molecule has 18 heavy (non-hydrogen) atoms. The molecule has 0 aliphatic heterocycles. The first kappa shape index (κ1) is 14.1. The molecule has 0 aliphatic rings. The van der Waals surface area contributed by atoms with Gasteiger partial charge in [-0.15, -0.1) is 0 Å². The topological polar surface area (TPSA) is 113 Å².